The maximum absolute atomic E-state index is 12.6. The smallest absolute Gasteiger partial charge is 0.416 e. The van der Waals surface area contributed by atoms with Crippen molar-refractivity contribution in [1.82, 2.24) is 4.90 Å². The minimum Gasteiger partial charge on any atom is -0.508 e. The third-order valence-corrected chi connectivity index (χ3v) is 4.61. The van der Waals surface area contributed by atoms with Gasteiger partial charge in [0.05, 0.1) is 5.56 Å². The average Bonchev–Trinajstić information content (AvgIpc) is 2.62. The van der Waals surface area contributed by atoms with Crippen molar-refractivity contribution < 1.29 is 23.1 Å². The molecule has 0 aromatic heterocycles. The van der Waals surface area contributed by atoms with E-state index in [4.69, 9.17) is 0 Å². The van der Waals surface area contributed by atoms with Gasteiger partial charge in [-0.2, -0.15) is 13.2 Å². The SMILES string of the molecule is O=C(Nc1ccc(C(F)(F)F)cc1)N1CCC(c2ccc(O)cc2)CC1. The Hall–Kier alpha value is -2.70. The van der Waals surface area contributed by atoms with Crippen molar-refractivity contribution in [2.24, 2.45) is 0 Å². The number of carbonyl (C=O) groups is 1. The minimum atomic E-state index is -4.39. The van der Waals surface area contributed by atoms with Crippen molar-refractivity contribution in [3.8, 4) is 5.75 Å². The van der Waals surface area contributed by atoms with Gasteiger partial charge in [-0.25, -0.2) is 4.79 Å². The quantitative estimate of drug-likeness (QED) is 0.803. The number of anilines is 1. The highest BCUT2D eigenvalue weighted by Crippen LogP contribution is 2.31. The maximum atomic E-state index is 12.6. The Bertz CT molecular complexity index is 750. The fourth-order valence-electron chi connectivity index (χ4n) is 3.11. The Morgan fingerprint density at radius 3 is 2.12 bits per heavy atom. The number of urea groups is 1. The third kappa shape index (κ3) is 4.28. The van der Waals surface area contributed by atoms with Crippen LogP contribution in [0.1, 0.15) is 29.9 Å². The Balaban J connectivity index is 1.54. The highest BCUT2D eigenvalue weighted by Gasteiger charge is 2.30. The summed E-state index contributed by atoms with van der Waals surface area (Å²) >= 11 is 0. The molecule has 1 saturated heterocycles. The van der Waals surface area contributed by atoms with E-state index in [1.54, 1.807) is 17.0 Å². The van der Waals surface area contributed by atoms with E-state index < -0.39 is 11.7 Å². The van der Waals surface area contributed by atoms with Crippen molar-refractivity contribution >= 4 is 11.7 Å². The summed E-state index contributed by atoms with van der Waals surface area (Å²) in [5, 5.41) is 12.0. The average molecular weight is 364 g/mol. The predicted molar refractivity (Wildman–Crippen MR) is 92.1 cm³/mol. The highest BCUT2D eigenvalue weighted by atomic mass is 19.4. The van der Waals surface area contributed by atoms with Crippen LogP contribution in [0.25, 0.3) is 0 Å². The van der Waals surface area contributed by atoms with E-state index in [9.17, 15) is 23.1 Å². The van der Waals surface area contributed by atoms with Gasteiger partial charge >= 0.3 is 12.2 Å². The van der Waals surface area contributed by atoms with Gasteiger partial charge in [-0.3, -0.25) is 0 Å². The van der Waals surface area contributed by atoms with E-state index in [2.05, 4.69) is 5.32 Å². The molecule has 26 heavy (non-hydrogen) atoms. The number of likely N-dealkylation sites (tertiary alicyclic amines) is 1. The number of halogens is 3. The van der Waals surface area contributed by atoms with Crippen molar-refractivity contribution in [1.29, 1.82) is 0 Å². The van der Waals surface area contributed by atoms with E-state index in [0.717, 1.165) is 30.5 Å². The van der Waals surface area contributed by atoms with Gasteiger partial charge in [-0.15, -0.1) is 0 Å². The van der Waals surface area contributed by atoms with E-state index in [1.165, 1.54) is 12.1 Å². The number of nitrogens with zero attached hydrogens (tertiary/aromatic N) is 1. The summed E-state index contributed by atoms with van der Waals surface area (Å²) in [6.45, 7) is 1.13. The molecule has 0 radical (unpaired) electrons. The van der Waals surface area contributed by atoms with Crippen LogP contribution in [0.5, 0.6) is 5.75 Å². The lowest BCUT2D eigenvalue weighted by Crippen LogP contribution is -2.40. The third-order valence-electron chi connectivity index (χ3n) is 4.61. The fraction of sp³-hybridized carbons (Fsp3) is 0.316. The first kappa shape index (κ1) is 18.1. The minimum absolute atomic E-state index is 0.224. The molecule has 0 bridgehead atoms. The standard InChI is InChI=1S/C19H19F3N2O2/c20-19(21,22)15-3-5-16(6-4-15)23-18(26)24-11-9-14(10-12-24)13-1-7-17(25)8-2-13/h1-8,14,25H,9-12H2,(H,23,26). The van der Waals surface area contributed by atoms with E-state index in [1.807, 2.05) is 12.1 Å². The molecule has 1 aliphatic rings. The van der Waals surface area contributed by atoms with Crippen LogP contribution in [0.3, 0.4) is 0 Å². The number of nitrogens with one attached hydrogen (secondary N) is 1. The molecule has 3 rings (SSSR count). The molecule has 1 aliphatic heterocycles. The molecule has 2 amide bonds. The number of phenols is 1. The topological polar surface area (TPSA) is 52.6 Å². The normalized spacial score (nSPS) is 15.7. The second-order valence-electron chi connectivity index (χ2n) is 6.36. The first-order chi connectivity index (χ1) is 12.3. The van der Waals surface area contributed by atoms with Crippen molar-refractivity contribution in [3.05, 3.63) is 59.7 Å². The van der Waals surface area contributed by atoms with Crippen LogP contribution in [0, 0.1) is 0 Å². The zero-order valence-electron chi connectivity index (χ0n) is 14.0. The van der Waals surface area contributed by atoms with Gasteiger partial charge < -0.3 is 15.3 Å². The van der Waals surface area contributed by atoms with Crippen LogP contribution in [0.2, 0.25) is 0 Å². The molecular formula is C19H19F3N2O2. The van der Waals surface area contributed by atoms with Gasteiger partial charge in [0.2, 0.25) is 0 Å². The lowest BCUT2D eigenvalue weighted by atomic mass is 9.89. The van der Waals surface area contributed by atoms with Crippen molar-refractivity contribution in [2.45, 2.75) is 24.9 Å². The summed E-state index contributed by atoms with van der Waals surface area (Å²) < 4.78 is 37.7. The zero-order valence-corrected chi connectivity index (χ0v) is 14.0. The number of piperidine rings is 1. The molecule has 2 aromatic rings. The molecule has 2 N–H and O–H groups in total. The van der Waals surface area contributed by atoms with Crippen molar-refractivity contribution in [2.75, 3.05) is 18.4 Å². The summed E-state index contributed by atoms with van der Waals surface area (Å²) in [5.74, 6) is 0.549. The van der Waals surface area contributed by atoms with Crippen LogP contribution in [0.15, 0.2) is 48.5 Å². The molecule has 1 fully saturated rings. The number of alkyl halides is 3. The largest absolute Gasteiger partial charge is 0.508 e. The highest BCUT2D eigenvalue weighted by molar-refractivity contribution is 5.89. The number of hydrogen-bond acceptors (Lipinski definition) is 2. The van der Waals surface area contributed by atoms with E-state index in [0.29, 0.717) is 24.7 Å². The number of rotatable bonds is 2. The van der Waals surface area contributed by atoms with Gasteiger partial charge in [-0.05, 0) is 60.7 Å². The van der Waals surface area contributed by atoms with Crippen LogP contribution in [-0.2, 0) is 6.18 Å². The summed E-state index contributed by atoms with van der Waals surface area (Å²) in [6, 6.07) is 11.2. The lowest BCUT2D eigenvalue weighted by Gasteiger charge is -2.32. The van der Waals surface area contributed by atoms with Crippen LogP contribution < -0.4 is 5.32 Å². The number of carbonyl (C=O) groups excluding carboxylic acids is 1. The summed E-state index contributed by atoms with van der Waals surface area (Å²) in [7, 11) is 0. The van der Waals surface area contributed by atoms with E-state index in [-0.39, 0.29) is 11.8 Å². The monoisotopic (exact) mass is 364 g/mol. The van der Waals surface area contributed by atoms with Gasteiger partial charge in [0.1, 0.15) is 5.75 Å². The van der Waals surface area contributed by atoms with E-state index >= 15 is 0 Å². The zero-order chi connectivity index (χ0) is 18.7. The molecular weight excluding hydrogens is 345 g/mol. The lowest BCUT2D eigenvalue weighted by molar-refractivity contribution is -0.137. The summed E-state index contributed by atoms with van der Waals surface area (Å²) in [5.41, 5.74) is 0.722. The van der Waals surface area contributed by atoms with Crippen LogP contribution in [-0.4, -0.2) is 29.1 Å². The summed E-state index contributed by atoms with van der Waals surface area (Å²) in [4.78, 5) is 14.0. The Labute approximate surface area is 149 Å². The fourth-order valence-corrected chi connectivity index (χ4v) is 3.11. The number of hydrogen-bond donors (Lipinski definition) is 2. The van der Waals surface area contributed by atoms with Crippen molar-refractivity contribution in [3.63, 3.8) is 0 Å². The molecule has 7 heteroatoms. The second-order valence-corrected chi connectivity index (χ2v) is 6.36. The number of benzene rings is 2. The molecule has 0 saturated carbocycles. The van der Waals surface area contributed by atoms with Gasteiger partial charge in [-0.1, -0.05) is 12.1 Å². The van der Waals surface area contributed by atoms with Gasteiger partial charge in [0.15, 0.2) is 0 Å². The Morgan fingerprint density at radius 1 is 1.00 bits per heavy atom. The Morgan fingerprint density at radius 2 is 1.58 bits per heavy atom. The molecule has 1 heterocycles. The molecule has 0 spiro atoms. The summed E-state index contributed by atoms with van der Waals surface area (Å²) in [6.07, 6.45) is -2.80. The first-order valence-electron chi connectivity index (χ1n) is 8.35. The molecule has 2 aromatic carbocycles. The predicted octanol–water partition coefficient (Wildman–Crippen LogP) is 4.82. The number of aromatic hydroxyl groups is 1. The van der Waals surface area contributed by atoms with Crippen LogP contribution in [0.4, 0.5) is 23.7 Å². The Kier molecular flexibility index (Phi) is 5.06. The van der Waals surface area contributed by atoms with Crippen LogP contribution >= 0.6 is 0 Å². The van der Waals surface area contributed by atoms with Gasteiger partial charge in [0, 0.05) is 18.8 Å². The second kappa shape index (κ2) is 7.27. The number of amides is 2. The molecule has 0 unspecified atom stereocenters. The number of phenolic OH excluding ortho intramolecular Hbond substituents is 1. The molecule has 0 aliphatic carbocycles. The molecule has 0 atom stereocenters. The molecule has 4 nitrogen and oxygen atoms in total. The maximum Gasteiger partial charge on any atom is 0.416 e. The first-order valence-corrected chi connectivity index (χ1v) is 8.35. The molecule has 138 valence electrons. The van der Waals surface area contributed by atoms with Gasteiger partial charge in [0.25, 0.3) is 0 Å².